The van der Waals surface area contributed by atoms with Gasteiger partial charge >= 0.3 is 0 Å². The molecule has 12 heavy (non-hydrogen) atoms. The lowest BCUT2D eigenvalue weighted by Crippen LogP contribution is -2.08. The zero-order chi connectivity index (χ0) is 8.27. The van der Waals surface area contributed by atoms with Gasteiger partial charge in [-0.05, 0) is 6.92 Å². The normalized spacial score (nSPS) is 12.2. The third kappa shape index (κ3) is 2.37. The molecule has 1 heterocycles. The molecule has 1 aromatic heterocycles. The van der Waals surface area contributed by atoms with E-state index < -0.39 is 0 Å². The van der Waals surface area contributed by atoms with E-state index >= 15 is 0 Å². The molecule has 0 saturated heterocycles. The lowest BCUT2D eigenvalue weighted by molar-refractivity contribution is 0.0587. The van der Waals surface area contributed by atoms with E-state index in [0.29, 0.717) is 5.88 Å². The van der Waals surface area contributed by atoms with Crippen molar-refractivity contribution in [1.82, 2.24) is 9.55 Å². The highest BCUT2D eigenvalue weighted by molar-refractivity contribution is 6.16. The standard InChI is InChI=1S/C7H11ClN2O.ClH/c1-6(11-2)10-5-9-4-7(10)3-8;/h4-6H,3H2,1-2H3;1H. The average Bonchev–Trinajstić information content (AvgIpc) is 2.50. The second-order valence-corrected chi connectivity index (χ2v) is 2.53. The molecule has 0 N–H and O–H groups in total. The fourth-order valence-corrected chi connectivity index (χ4v) is 1.08. The minimum Gasteiger partial charge on any atom is -0.362 e. The fourth-order valence-electron chi connectivity index (χ4n) is 0.876. The first-order valence-electron chi connectivity index (χ1n) is 3.39. The molecule has 1 unspecified atom stereocenters. The molecule has 0 amide bonds. The van der Waals surface area contributed by atoms with Gasteiger partial charge in [-0.25, -0.2) is 4.98 Å². The molecule has 0 spiro atoms. The number of ether oxygens (including phenoxy) is 1. The molecule has 0 aromatic carbocycles. The molecule has 0 aliphatic carbocycles. The molecule has 3 nitrogen and oxygen atoms in total. The predicted molar refractivity (Wildman–Crippen MR) is 50.8 cm³/mol. The molecular formula is C7H12Cl2N2O. The zero-order valence-electron chi connectivity index (χ0n) is 7.03. The van der Waals surface area contributed by atoms with Crippen molar-refractivity contribution in [2.75, 3.05) is 7.11 Å². The minimum atomic E-state index is 0. The second kappa shape index (κ2) is 5.41. The van der Waals surface area contributed by atoms with Crippen LogP contribution in [0.5, 0.6) is 0 Å². The molecule has 0 saturated carbocycles. The average molecular weight is 211 g/mol. The van der Waals surface area contributed by atoms with Crippen molar-refractivity contribution in [2.45, 2.75) is 19.0 Å². The van der Waals surface area contributed by atoms with Gasteiger partial charge in [0, 0.05) is 13.3 Å². The van der Waals surface area contributed by atoms with E-state index in [0.717, 1.165) is 5.69 Å². The molecule has 0 aliphatic heterocycles. The van der Waals surface area contributed by atoms with Crippen LogP contribution in [0.3, 0.4) is 0 Å². The van der Waals surface area contributed by atoms with E-state index in [1.54, 1.807) is 19.6 Å². The fraction of sp³-hybridized carbons (Fsp3) is 0.571. The maximum absolute atomic E-state index is 5.66. The van der Waals surface area contributed by atoms with E-state index in [-0.39, 0.29) is 18.6 Å². The Balaban J connectivity index is 0.00000121. The van der Waals surface area contributed by atoms with Crippen molar-refractivity contribution >= 4 is 24.0 Å². The van der Waals surface area contributed by atoms with E-state index in [4.69, 9.17) is 16.3 Å². The molecule has 0 bridgehead atoms. The molecule has 0 fully saturated rings. The van der Waals surface area contributed by atoms with E-state index in [2.05, 4.69) is 4.98 Å². The Bertz CT molecular complexity index is 227. The minimum absolute atomic E-state index is 0. The first-order chi connectivity index (χ1) is 5.29. The van der Waals surface area contributed by atoms with Crippen molar-refractivity contribution in [3.63, 3.8) is 0 Å². The van der Waals surface area contributed by atoms with Crippen LogP contribution in [-0.2, 0) is 10.6 Å². The summed E-state index contributed by atoms with van der Waals surface area (Å²) in [5.74, 6) is 0.466. The Morgan fingerprint density at radius 3 is 2.92 bits per heavy atom. The van der Waals surface area contributed by atoms with Crippen molar-refractivity contribution in [3.05, 3.63) is 18.2 Å². The number of rotatable bonds is 3. The molecule has 1 aromatic rings. The lowest BCUT2D eigenvalue weighted by Gasteiger charge is -2.12. The number of hydrogen-bond acceptors (Lipinski definition) is 2. The largest absolute Gasteiger partial charge is 0.362 e. The van der Waals surface area contributed by atoms with Crippen molar-refractivity contribution in [2.24, 2.45) is 0 Å². The highest BCUT2D eigenvalue weighted by Crippen LogP contribution is 2.11. The number of halogens is 2. The van der Waals surface area contributed by atoms with Gasteiger partial charge in [0.2, 0.25) is 0 Å². The summed E-state index contributed by atoms with van der Waals surface area (Å²) in [4.78, 5) is 3.96. The quantitative estimate of drug-likeness (QED) is 0.716. The van der Waals surface area contributed by atoms with Crippen LogP contribution in [0.1, 0.15) is 18.8 Å². The molecule has 1 rings (SSSR count). The summed E-state index contributed by atoms with van der Waals surface area (Å²) < 4.78 is 7.00. The number of aromatic nitrogens is 2. The van der Waals surface area contributed by atoms with Gasteiger partial charge < -0.3 is 9.30 Å². The maximum Gasteiger partial charge on any atom is 0.131 e. The van der Waals surface area contributed by atoms with Crippen LogP contribution in [0, 0.1) is 0 Å². The molecule has 5 heteroatoms. The number of hydrogen-bond donors (Lipinski definition) is 0. The summed E-state index contributed by atoms with van der Waals surface area (Å²) in [5, 5.41) is 0. The third-order valence-corrected chi connectivity index (χ3v) is 1.89. The summed E-state index contributed by atoms with van der Waals surface area (Å²) in [6.07, 6.45) is 3.46. The Morgan fingerprint density at radius 2 is 2.42 bits per heavy atom. The smallest absolute Gasteiger partial charge is 0.131 e. The number of imidazole rings is 1. The van der Waals surface area contributed by atoms with Gasteiger partial charge in [0.15, 0.2) is 0 Å². The second-order valence-electron chi connectivity index (χ2n) is 2.26. The highest BCUT2D eigenvalue weighted by Gasteiger charge is 2.05. The van der Waals surface area contributed by atoms with Gasteiger partial charge in [-0.2, -0.15) is 0 Å². The van der Waals surface area contributed by atoms with E-state index in [1.165, 1.54) is 0 Å². The molecule has 0 radical (unpaired) electrons. The van der Waals surface area contributed by atoms with Gasteiger partial charge in [0.05, 0.1) is 17.9 Å². The Morgan fingerprint density at radius 1 is 1.75 bits per heavy atom. The van der Waals surface area contributed by atoms with Crippen molar-refractivity contribution in [3.8, 4) is 0 Å². The van der Waals surface area contributed by atoms with Crippen molar-refractivity contribution in [1.29, 1.82) is 0 Å². The first-order valence-corrected chi connectivity index (χ1v) is 3.92. The van der Waals surface area contributed by atoms with Gasteiger partial charge in [0.1, 0.15) is 6.23 Å². The SMILES string of the molecule is COC(C)n1cncc1CCl.Cl. The van der Waals surface area contributed by atoms with Gasteiger partial charge in [0.25, 0.3) is 0 Å². The van der Waals surface area contributed by atoms with Crippen LogP contribution in [0.25, 0.3) is 0 Å². The predicted octanol–water partition coefficient (Wildman–Crippen LogP) is 2.21. The van der Waals surface area contributed by atoms with E-state index in [9.17, 15) is 0 Å². The van der Waals surface area contributed by atoms with Crippen LogP contribution in [0.4, 0.5) is 0 Å². The summed E-state index contributed by atoms with van der Waals surface area (Å²) >= 11 is 5.66. The monoisotopic (exact) mass is 210 g/mol. The summed E-state index contributed by atoms with van der Waals surface area (Å²) in [6, 6.07) is 0. The van der Waals surface area contributed by atoms with Gasteiger partial charge in [-0.15, -0.1) is 24.0 Å². The molecule has 1 atom stereocenters. The third-order valence-electron chi connectivity index (χ3n) is 1.62. The number of alkyl halides is 1. The summed E-state index contributed by atoms with van der Waals surface area (Å²) in [5.41, 5.74) is 0.973. The van der Waals surface area contributed by atoms with Gasteiger partial charge in [-0.3, -0.25) is 0 Å². The van der Waals surface area contributed by atoms with E-state index in [1.807, 2.05) is 11.5 Å². The van der Waals surface area contributed by atoms with Crippen LogP contribution in [0.15, 0.2) is 12.5 Å². The first kappa shape index (κ1) is 11.8. The Kier molecular flexibility index (Phi) is 5.29. The maximum atomic E-state index is 5.66. The van der Waals surface area contributed by atoms with Crippen LogP contribution >= 0.6 is 24.0 Å². The van der Waals surface area contributed by atoms with Gasteiger partial charge in [-0.1, -0.05) is 0 Å². The van der Waals surface area contributed by atoms with Crippen LogP contribution in [-0.4, -0.2) is 16.7 Å². The molecule has 0 aliphatic rings. The number of nitrogens with zero attached hydrogens (tertiary/aromatic N) is 2. The Labute approximate surface area is 83.1 Å². The zero-order valence-corrected chi connectivity index (χ0v) is 8.60. The van der Waals surface area contributed by atoms with Crippen LogP contribution < -0.4 is 0 Å². The highest BCUT2D eigenvalue weighted by atomic mass is 35.5. The summed E-state index contributed by atoms with van der Waals surface area (Å²) in [6.45, 7) is 1.94. The molecule has 70 valence electrons. The van der Waals surface area contributed by atoms with Crippen molar-refractivity contribution < 1.29 is 4.74 Å². The number of methoxy groups -OCH3 is 1. The molecular weight excluding hydrogens is 199 g/mol. The summed E-state index contributed by atoms with van der Waals surface area (Å²) in [7, 11) is 1.66. The Hall–Kier alpha value is -0.250. The lowest BCUT2D eigenvalue weighted by atomic mass is 10.5. The topological polar surface area (TPSA) is 27.1 Å². The van der Waals surface area contributed by atoms with Crippen LogP contribution in [0.2, 0.25) is 0 Å².